The third kappa shape index (κ3) is 1.56. The molecule has 0 atom stereocenters. The number of hydrogen-bond acceptors (Lipinski definition) is 1. The highest BCUT2D eigenvalue weighted by atomic mass is 32.2. The summed E-state index contributed by atoms with van der Waals surface area (Å²) in [6.07, 6.45) is 3.62. The number of hydrogen-bond donors (Lipinski definition) is 0. The molecule has 0 unspecified atom stereocenters. The largest absolute Gasteiger partial charge is 0.157 e. The minimum Gasteiger partial charge on any atom is -0.157 e. The molecule has 0 aliphatic carbocycles. The summed E-state index contributed by atoms with van der Waals surface area (Å²) in [6.45, 7) is 2.20. The summed E-state index contributed by atoms with van der Waals surface area (Å²) in [7, 11) is 0. The van der Waals surface area contributed by atoms with Crippen molar-refractivity contribution in [2.45, 2.75) is 13.3 Å². The van der Waals surface area contributed by atoms with Crippen LogP contribution < -0.4 is 0 Å². The Hall–Kier alpha value is 0.0900. The van der Waals surface area contributed by atoms with E-state index < -0.39 is 0 Å². The maximum atomic E-state index is 2.33. The van der Waals surface area contributed by atoms with Crippen molar-refractivity contribution >= 4 is 11.8 Å². The summed E-state index contributed by atoms with van der Waals surface area (Å²) in [5.41, 5.74) is 1.55. The molecule has 0 nitrogen and oxygen atoms in total. The van der Waals surface area contributed by atoms with Crippen LogP contribution in [0.5, 0.6) is 0 Å². The Morgan fingerprint density at radius 2 is 2.57 bits per heavy atom. The van der Waals surface area contributed by atoms with E-state index in [4.69, 9.17) is 0 Å². The van der Waals surface area contributed by atoms with Crippen molar-refractivity contribution in [1.82, 2.24) is 0 Å². The summed E-state index contributed by atoms with van der Waals surface area (Å²) in [5, 5.41) is 0. The van der Waals surface area contributed by atoms with Crippen LogP contribution in [-0.2, 0) is 0 Å². The Bertz CT molecular complexity index is 84.2. The van der Waals surface area contributed by atoms with Crippen LogP contribution in [0.2, 0.25) is 0 Å². The van der Waals surface area contributed by atoms with E-state index in [1.807, 2.05) is 11.8 Å². The molecule has 1 heterocycles. The first kappa shape index (κ1) is 5.23. The van der Waals surface area contributed by atoms with Crippen molar-refractivity contribution in [3.05, 3.63) is 11.6 Å². The van der Waals surface area contributed by atoms with Crippen LogP contribution in [0.15, 0.2) is 11.6 Å². The summed E-state index contributed by atoms with van der Waals surface area (Å²) >= 11 is 2.03. The molecule has 0 aromatic carbocycles. The first-order valence-electron chi connectivity index (χ1n) is 2.63. The van der Waals surface area contributed by atoms with Crippen LogP contribution in [0.3, 0.4) is 0 Å². The molecule has 0 N–H and O–H groups in total. The van der Waals surface area contributed by atoms with Gasteiger partial charge in [0, 0.05) is 5.75 Å². The number of rotatable bonds is 0. The van der Waals surface area contributed by atoms with Gasteiger partial charge in [0.05, 0.1) is 0 Å². The highest BCUT2D eigenvalue weighted by Crippen LogP contribution is 2.14. The molecule has 0 spiro atoms. The number of thioether (sulfide) groups is 1. The molecule has 1 aliphatic heterocycles. The van der Waals surface area contributed by atoms with Gasteiger partial charge in [-0.15, -0.1) is 0 Å². The second-order valence-electron chi connectivity index (χ2n) is 1.89. The van der Waals surface area contributed by atoms with Crippen molar-refractivity contribution < 1.29 is 0 Å². The zero-order valence-electron chi connectivity index (χ0n) is 4.61. The molecule has 0 saturated heterocycles. The minimum atomic E-state index is 1.26. The SMILES string of the molecule is CC1=CCCSC1. The fourth-order valence-corrected chi connectivity index (χ4v) is 1.55. The Labute approximate surface area is 49.0 Å². The van der Waals surface area contributed by atoms with Gasteiger partial charge in [-0.05, 0) is 19.1 Å². The molecule has 40 valence electrons. The molecule has 0 saturated carbocycles. The summed E-state index contributed by atoms with van der Waals surface area (Å²) in [5.74, 6) is 2.59. The van der Waals surface area contributed by atoms with Crippen LogP contribution in [-0.4, -0.2) is 11.5 Å². The Morgan fingerprint density at radius 3 is 2.86 bits per heavy atom. The van der Waals surface area contributed by atoms with Gasteiger partial charge < -0.3 is 0 Å². The highest BCUT2D eigenvalue weighted by molar-refractivity contribution is 7.99. The van der Waals surface area contributed by atoms with Crippen LogP contribution in [0.25, 0.3) is 0 Å². The van der Waals surface area contributed by atoms with E-state index in [9.17, 15) is 0 Å². The first-order chi connectivity index (χ1) is 3.39. The van der Waals surface area contributed by atoms with E-state index in [0.29, 0.717) is 0 Å². The maximum absolute atomic E-state index is 2.33. The van der Waals surface area contributed by atoms with E-state index in [-0.39, 0.29) is 0 Å². The van der Waals surface area contributed by atoms with Gasteiger partial charge in [-0.1, -0.05) is 11.6 Å². The molecule has 0 fully saturated rings. The topological polar surface area (TPSA) is 0 Å². The standard InChI is InChI=1S/C6H10S/c1-6-3-2-4-7-5-6/h3H,2,4-5H2,1H3. The monoisotopic (exact) mass is 114 g/mol. The van der Waals surface area contributed by atoms with Crippen LogP contribution in [0.4, 0.5) is 0 Å². The Morgan fingerprint density at radius 1 is 1.71 bits per heavy atom. The van der Waals surface area contributed by atoms with E-state index in [0.717, 1.165) is 0 Å². The second-order valence-corrected chi connectivity index (χ2v) is 3.00. The average molecular weight is 114 g/mol. The molecule has 0 aromatic heterocycles. The lowest BCUT2D eigenvalue weighted by molar-refractivity contribution is 1.16. The number of allylic oxidation sites excluding steroid dienone is 1. The predicted molar refractivity (Wildman–Crippen MR) is 35.7 cm³/mol. The lowest BCUT2D eigenvalue weighted by Gasteiger charge is -2.05. The van der Waals surface area contributed by atoms with Gasteiger partial charge in [0.2, 0.25) is 0 Å². The van der Waals surface area contributed by atoms with Crippen molar-refractivity contribution in [3.8, 4) is 0 Å². The van der Waals surface area contributed by atoms with Crippen molar-refractivity contribution in [2.75, 3.05) is 11.5 Å². The van der Waals surface area contributed by atoms with E-state index in [2.05, 4.69) is 13.0 Å². The van der Waals surface area contributed by atoms with Gasteiger partial charge in [0.25, 0.3) is 0 Å². The molecule has 0 amide bonds. The predicted octanol–water partition coefficient (Wildman–Crippen LogP) is 2.07. The molecule has 0 aromatic rings. The van der Waals surface area contributed by atoms with Crippen LogP contribution >= 0.6 is 11.8 Å². The Kier molecular flexibility index (Phi) is 1.80. The third-order valence-corrected chi connectivity index (χ3v) is 2.27. The first-order valence-corrected chi connectivity index (χ1v) is 3.78. The summed E-state index contributed by atoms with van der Waals surface area (Å²) in [6, 6.07) is 0. The van der Waals surface area contributed by atoms with Gasteiger partial charge >= 0.3 is 0 Å². The van der Waals surface area contributed by atoms with Gasteiger partial charge in [0.1, 0.15) is 0 Å². The van der Waals surface area contributed by atoms with Crippen molar-refractivity contribution in [1.29, 1.82) is 0 Å². The average Bonchev–Trinajstić information content (AvgIpc) is 1.69. The molecule has 7 heavy (non-hydrogen) atoms. The lowest BCUT2D eigenvalue weighted by Crippen LogP contribution is -1.90. The maximum Gasteiger partial charge on any atom is 0.0140 e. The Balaban J connectivity index is 2.40. The molecule has 0 bridgehead atoms. The molecular formula is C6H10S. The van der Waals surface area contributed by atoms with Gasteiger partial charge in [-0.3, -0.25) is 0 Å². The zero-order valence-corrected chi connectivity index (χ0v) is 5.42. The summed E-state index contributed by atoms with van der Waals surface area (Å²) in [4.78, 5) is 0. The fraction of sp³-hybridized carbons (Fsp3) is 0.667. The highest BCUT2D eigenvalue weighted by Gasteiger charge is 1.95. The quantitative estimate of drug-likeness (QED) is 0.434. The van der Waals surface area contributed by atoms with E-state index in [1.165, 1.54) is 17.9 Å². The summed E-state index contributed by atoms with van der Waals surface area (Å²) < 4.78 is 0. The van der Waals surface area contributed by atoms with Gasteiger partial charge in [-0.25, -0.2) is 0 Å². The normalized spacial score (nSPS) is 21.6. The smallest absolute Gasteiger partial charge is 0.0140 e. The van der Waals surface area contributed by atoms with Crippen molar-refractivity contribution in [3.63, 3.8) is 0 Å². The molecule has 1 rings (SSSR count). The second kappa shape index (κ2) is 2.41. The van der Waals surface area contributed by atoms with E-state index in [1.54, 1.807) is 5.57 Å². The zero-order chi connectivity index (χ0) is 5.11. The fourth-order valence-electron chi connectivity index (χ4n) is 0.681. The lowest BCUT2D eigenvalue weighted by atomic mass is 10.3. The molecular weight excluding hydrogens is 104 g/mol. The molecule has 0 radical (unpaired) electrons. The molecule has 1 aliphatic rings. The van der Waals surface area contributed by atoms with Gasteiger partial charge in [0.15, 0.2) is 0 Å². The van der Waals surface area contributed by atoms with Gasteiger partial charge in [-0.2, -0.15) is 11.8 Å². The molecule has 1 heteroatoms. The third-order valence-electron chi connectivity index (χ3n) is 1.08. The van der Waals surface area contributed by atoms with E-state index >= 15 is 0 Å². The van der Waals surface area contributed by atoms with Crippen molar-refractivity contribution in [2.24, 2.45) is 0 Å². The van der Waals surface area contributed by atoms with Crippen LogP contribution in [0, 0.1) is 0 Å². The minimum absolute atomic E-state index is 1.26. The van der Waals surface area contributed by atoms with Crippen LogP contribution in [0.1, 0.15) is 13.3 Å².